The van der Waals surface area contributed by atoms with Crippen molar-refractivity contribution in [1.29, 1.82) is 0 Å². The third kappa shape index (κ3) is 2.67. The Balaban J connectivity index is 3.00. The van der Waals surface area contributed by atoms with Crippen molar-refractivity contribution < 1.29 is 4.92 Å². The van der Waals surface area contributed by atoms with Crippen LogP contribution in [0.4, 0.5) is 5.69 Å². The van der Waals surface area contributed by atoms with Crippen molar-refractivity contribution in [2.45, 2.75) is 25.6 Å². The fourth-order valence-corrected chi connectivity index (χ4v) is 1.31. The van der Waals surface area contributed by atoms with E-state index in [2.05, 4.69) is 4.98 Å². The first-order valence-corrected chi connectivity index (χ1v) is 4.68. The fourth-order valence-electron chi connectivity index (χ4n) is 1.15. The van der Waals surface area contributed by atoms with Gasteiger partial charge in [-0.3, -0.25) is 15.1 Å². The molecule has 1 rings (SSSR count). The normalized spacial score (nSPS) is 12.5. The Hall–Kier alpha value is -1.16. The van der Waals surface area contributed by atoms with Crippen molar-refractivity contribution in [3.63, 3.8) is 0 Å². The van der Waals surface area contributed by atoms with Gasteiger partial charge in [-0.15, -0.1) is 11.6 Å². The summed E-state index contributed by atoms with van der Waals surface area (Å²) >= 11 is 5.77. The van der Waals surface area contributed by atoms with Crippen molar-refractivity contribution in [2.75, 3.05) is 0 Å². The Kier molecular flexibility index (Phi) is 3.41. The minimum atomic E-state index is -0.403. The number of hydrogen-bond donors (Lipinski definition) is 0. The van der Waals surface area contributed by atoms with Gasteiger partial charge in [0.15, 0.2) is 0 Å². The third-order valence-corrected chi connectivity index (χ3v) is 1.97. The van der Waals surface area contributed by atoms with E-state index in [4.69, 9.17) is 11.6 Å². The van der Waals surface area contributed by atoms with Crippen LogP contribution in [-0.4, -0.2) is 15.3 Å². The van der Waals surface area contributed by atoms with E-state index in [0.29, 0.717) is 17.7 Å². The first kappa shape index (κ1) is 10.9. The van der Waals surface area contributed by atoms with Crippen molar-refractivity contribution in [3.8, 4) is 0 Å². The molecule has 0 spiro atoms. The maximum absolute atomic E-state index is 10.6. The molecule has 76 valence electrons. The van der Waals surface area contributed by atoms with Crippen molar-refractivity contribution in [3.05, 3.63) is 33.6 Å². The minimum absolute atomic E-state index is 0.0650. The van der Waals surface area contributed by atoms with Crippen molar-refractivity contribution in [2.24, 2.45) is 0 Å². The summed E-state index contributed by atoms with van der Waals surface area (Å²) in [5.74, 6) is 0. The van der Waals surface area contributed by atoms with Crippen LogP contribution in [0.3, 0.4) is 0 Å². The lowest BCUT2D eigenvalue weighted by molar-refractivity contribution is -0.385. The Morgan fingerprint density at radius 2 is 2.36 bits per heavy atom. The van der Waals surface area contributed by atoms with Crippen LogP contribution >= 0.6 is 11.6 Å². The van der Waals surface area contributed by atoms with Gasteiger partial charge in [-0.25, -0.2) is 0 Å². The van der Waals surface area contributed by atoms with E-state index in [9.17, 15) is 10.1 Å². The van der Waals surface area contributed by atoms with Crippen LogP contribution < -0.4 is 0 Å². The van der Waals surface area contributed by atoms with Gasteiger partial charge in [-0.2, -0.15) is 0 Å². The maximum Gasteiger partial charge on any atom is 0.275 e. The molecule has 4 nitrogen and oxygen atoms in total. The number of nitro groups is 1. The van der Waals surface area contributed by atoms with Gasteiger partial charge in [0.25, 0.3) is 5.69 Å². The topological polar surface area (TPSA) is 56.0 Å². The molecule has 0 saturated heterocycles. The molecule has 0 saturated carbocycles. The zero-order valence-corrected chi connectivity index (χ0v) is 8.78. The maximum atomic E-state index is 10.6. The number of hydrogen-bond acceptors (Lipinski definition) is 3. The number of halogens is 1. The summed E-state index contributed by atoms with van der Waals surface area (Å²) in [5.41, 5.74) is 1.33. The second-order valence-corrected chi connectivity index (χ2v) is 3.95. The largest absolute Gasteiger partial charge is 0.275 e. The van der Waals surface area contributed by atoms with Gasteiger partial charge in [-0.1, -0.05) is 0 Å². The summed E-state index contributed by atoms with van der Waals surface area (Å²) in [7, 11) is 0. The first-order valence-electron chi connectivity index (χ1n) is 4.24. The number of nitrogens with zero attached hydrogens (tertiary/aromatic N) is 2. The van der Waals surface area contributed by atoms with E-state index in [-0.39, 0.29) is 11.1 Å². The van der Waals surface area contributed by atoms with E-state index in [1.54, 1.807) is 6.92 Å². The highest BCUT2D eigenvalue weighted by Gasteiger charge is 2.12. The van der Waals surface area contributed by atoms with Crippen LogP contribution in [0.15, 0.2) is 12.3 Å². The Bertz CT molecular complexity index is 353. The highest BCUT2D eigenvalue weighted by Crippen LogP contribution is 2.18. The van der Waals surface area contributed by atoms with Crippen molar-refractivity contribution >= 4 is 17.3 Å². The molecule has 1 aromatic heterocycles. The minimum Gasteiger partial charge on any atom is -0.260 e. The van der Waals surface area contributed by atoms with Gasteiger partial charge in [0, 0.05) is 35.3 Å². The smallest absolute Gasteiger partial charge is 0.260 e. The number of pyridine rings is 1. The van der Waals surface area contributed by atoms with Crippen LogP contribution in [0, 0.1) is 17.0 Å². The summed E-state index contributed by atoms with van der Waals surface area (Å²) in [6.45, 7) is 3.49. The molecule has 0 radical (unpaired) electrons. The van der Waals surface area contributed by atoms with Gasteiger partial charge >= 0.3 is 0 Å². The van der Waals surface area contributed by atoms with Crippen LogP contribution in [0.1, 0.15) is 18.2 Å². The molecular formula is C9H11ClN2O2. The third-order valence-electron chi connectivity index (χ3n) is 1.82. The standard InChI is InChI=1S/C9H11ClN2O2/c1-6-5-11-8(3-7(2)10)4-9(6)12(13)14/h4-5,7H,3H2,1-2H3. The summed E-state index contributed by atoms with van der Waals surface area (Å²) in [6, 6.07) is 1.48. The van der Waals surface area contributed by atoms with E-state index in [1.165, 1.54) is 12.3 Å². The average Bonchev–Trinajstić information content (AvgIpc) is 2.07. The monoisotopic (exact) mass is 214 g/mol. The zero-order chi connectivity index (χ0) is 10.7. The molecule has 0 bridgehead atoms. The van der Waals surface area contributed by atoms with Crippen LogP contribution in [0.5, 0.6) is 0 Å². The van der Waals surface area contributed by atoms with Gasteiger partial charge < -0.3 is 0 Å². The second-order valence-electron chi connectivity index (χ2n) is 3.20. The molecule has 0 aliphatic rings. The molecule has 1 unspecified atom stereocenters. The Labute approximate surface area is 87.1 Å². The SMILES string of the molecule is Cc1cnc(CC(C)Cl)cc1[N+](=O)[O-]. The summed E-state index contributed by atoms with van der Waals surface area (Å²) in [6.07, 6.45) is 2.05. The average molecular weight is 215 g/mol. The molecule has 1 atom stereocenters. The molecule has 1 heterocycles. The van der Waals surface area contributed by atoms with Crippen LogP contribution in [-0.2, 0) is 6.42 Å². The summed E-state index contributed by atoms with van der Waals surface area (Å²) in [5, 5.41) is 10.5. The number of rotatable bonds is 3. The summed E-state index contributed by atoms with van der Waals surface area (Å²) in [4.78, 5) is 14.3. The number of alkyl halides is 1. The quantitative estimate of drug-likeness (QED) is 0.441. The molecule has 0 N–H and O–H groups in total. The van der Waals surface area contributed by atoms with Gasteiger partial charge in [-0.05, 0) is 13.8 Å². The van der Waals surface area contributed by atoms with Gasteiger partial charge in [0.05, 0.1) is 4.92 Å². The molecule has 1 aromatic rings. The lowest BCUT2D eigenvalue weighted by Crippen LogP contribution is -2.02. The van der Waals surface area contributed by atoms with E-state index in [1.807, 2.05) is 6.92 Å². The van der Waals surface area contributed by atoms with E-state index in [0.717, 1.165) is 0 Å². The lowest BCUT2D eigenvalue weighted by atomic mass is 10.2. The van der Waals surface area contributed by atoms with E-state index >= 15 is 0 Å². The van der Waals surface area contributed by atoms with Gasteiger partial charge in [0.1, 0.15) is 0 Å². The van der Waals surface area contributed by atoms with E-state index < -0.39 is 4.92 Å². The van der Waals surface area contributed by atoms with Crippen LogP contribution in [0.2, 0.25) is 0 Å². The molecule has 0 amide bonds. The first-order chi connectivity index (χ1) is 6.50. The Morgan fingerprint density at radius 1 is 1.71 bits per heavy atom. The number of aryl methyl sites for hydroxylation is 1. The molecule has 5 heteroatoms. The molecular weight excluding hydrogens is 204 g/mol. The molecule has 0 aliphatic heterocycles. The highest BCUT2D eigenvalue weighted by molar-refractivity contribution is 6.20. The van der Waals surface area contributed by atoms with Crippen LogP contribution in [0.25, 0.3) is 0 Å². The lowest BCUT2D eigenvalue weighted by Gasteiger charge is -2.03. The van der Waals surface area contributed by atoms with Crippen molar-refractivity contribution in [1.82, 2.24) is 4.98 Å². The predicted octanol–water partition coefficient (Wildman–Crippen LogP) is 2.47. The zero-order valence-electron chi connectivity index (χ0n) is 8.03. The molecule has 0 fully saturated rings. The molecule has 0 aromatic carbocycles. The Morgan fingerprint density at radius 3 is 2.86 bits per heavy atom. The molecule has 0 aliphatic carbocycles. The van der Waals surface area contributed by atoms with Gasteiger partial charge in [0.2, 0.25) is 0 Å². The second kappa shape index (κ2) is 4.37. The highest BCUT2D eigenvalue weighted by atomic mass is 35.5. The summed E-state index contributed by atoms with van der Waals surface area (Å²) < 4.78 is 0. The predicted molar refractivity (Wildman–Crippen MR) is 54.6 cm³/mol. The fraction of sp³-hybridized carbons (Fsp3) is 0.444. The molecule has 14 heavy (non-hydrogen) atoms. The number of aromatic nitrogens is 1.